The number of fused-ring (bicyclic) bond motifs is 1. The molecule has 4 nitrogen and oxygen atoms in total. The van der Waals surface area contributed by atoms with Crippen LogP contribution in [0.25, 0.3) is 11.0 Å². The maximum absolute atomic E-state index is 6.38. The topological polar surface area (TPSA) is 34.0 Å². The first-order valence-electron chi connectivity index (χ1n) is 7.50. The second kappa shape index (κ2) is 6.75. The lowest BCUT2D eigenvalue weighted by Gasteiger charge is -2.27. The summed E-state index contributed by atoms with van der Waals surface area (Å²) in [5.41, 5.74) is 2.05. The Kier molecular flexibility index (Phi) is 5.22. The summed E-state index contributed by atoms with van der Waals surface area (Å²) < 4.78 is 2.31. The van der Waals surface area contributed by atoms with Crippen LogP contribution in [0.15, 0.2) is 18.5 Å². The van der Waals surface area contributed by atoms with Crippen LogP contribution in [-0.4, -0.2) is 40.1 Å². The van der Waals surface area contributed by atoms with Crippen molar-refractivity contribution in [3.63, 3.8) is 0 Å². The SMILES string of the molecule is CC(C)CC(CN(C)C)n1c(C(C)Cl)nc2cnccc21. The number of rotatable bonds is 6. The van der Waals surface area contributed by atoms with Crippen LogP contribution in [0.3, 0.4) is 0 Å². The fourth-order valence-electron chi connectivity index (χ4n) is 2.86. The van der Waals surface area contributed by atoms with Gasteiger partial charge in [-0.3, -0.25) is 4.98 Å². The second-order valence-electron chi connectivity index (χ2n) is 6.37. The molecule has 2 unspecified atom stereocenters. The van der Waals surface area contributed by atoms with E-state index < -0.39 is 0 Å². The van der Waals surface area contributed by atoms with Crippen LogP contribution in [0.1, 0.15) is 44.4 Å². The Hall–Kier alpha value is -1.13. The number of pyridine rings is 1. The van der Waals surface area contributed by atoms with E-state index in [1.165, 1.54) is 0 Å². The average molecular weight is 309 g/mol. The summed E-state index contributed by atoms with van der Waals surface area (Å²) in [6.45, 7) is 7.47. The van der Waals surface area contributed by atoms with Crippen LogP contribution in [0, 0.1) is 5.92 Å². The summed E-state index contributed by atoms with van der Waals surface area (Å²) >= 11 is 6.38. The van der Waals surface area contributed by atoms with Gasteiger partial charge in [0, 0.05) is 18.8 Å². The van der Waals surface area contributed by atoms with Gasteiger partial charge in [0.25, 0.3) is 0 Å². The summed E-state index contributed by atoms with van der Waals surface area (Å²) in [6.07, 6.45) is 4.74. The van der Waals surface area contributed by atoms with E-state index in [0.29, 0.717) is 12.0 Å². The Labute approximate surface area is 132 Å². The summed E-state index contributed by atoms with van der Waals surface area (Å²) in [7, 11) is 4.22. The van der Waals surface area contributed by atoms with Crippen LogP contribution < -0.4 is 0 Å². The molecule has 116 valence electrons. The number of aromatic nitrogens is 3. The van der Waals surface area contributed by atoms with Crippen molar-refractivity contribution in [2.24, 2.45) is 5.92 Å². The van der Waals surface area contributed by atoms with Crippen molar-refractivity contribution in [3.8, 4) is 0 Å². The van der Waals surface area contributed by atoms with Gasteiger partial charge in [0.15, 0.2) is 0 Å². The molecule has 0 fully saturated rings. The van der Waals surface area contributed by atoms with Gasteiger partial charge in [0.1, 0.15) is 11.3 Å². The molecule has 2 aromatic heterocycles. The molecule has 2 heterocycles. The predicted octanol–water partition coefficient (Wildman–Crippen LogP) is 3.88. The lowest BCUT2D eigenvalue weighted by atomic mass is 10.0. The van der Waals surface area contributed by atoms with Gasteiger partial charge in [-0.25, -0.2) is 4.98 Å². The van der Waals surface area contributed by atoms with E-state index >= 15 is 0 Å². The zero-order valence-corrected chi connectivity index (χ0v) is 14.3. The molecule has 0 saturated heterocycles. The van der Waals surface area contributed by atoms with Crippen LogP contribution in [0.4, 0.5) is 0 Å². The quantitative estimate of drug-likeness (QED) is 0.759. The van der Waals surface area contributed by atoms with Gasteiger partial charge in [-0.05, 0) is 39.4 Å². The largest absolute Gasteiger partial charge is 0.322 e. The van der Waals surface area contributed by atoms with E-state index in [2.05, 4.69) is 42.4 Å². The lowest BCUT2D eigenvalue weighted by Crippen LogP contribution is -2.27. The fraction of sp³-hybridized carbons (Fsp3) is 0.625. The van der Waals surface area contributed by atoms with E-state index in [1.54, 1.807) is 0 Å². The van der Waals surface area contributed by atoms with Crippen molar-refractivity contribution in [1.29, 1.82) is 0 Å². The molecule has 0 saturated carbocycles. The molecule has 0 aromatic carbocycles. The molecule has 0 aliphatic heterocycles. The van der Waals surface area contributed by atoms with Gasteiger partial charge in [0.2, 0.25) is 0 Å². The van der Waals surface area contributed by atoms with Crippen LogP contribution >= 0.6 is 11.6 Å². The first kappa shape index (κ1) is 16.2. The third-order valence-corrected chi connectivity index (χ3v) is 3.75. The molecule has 2 atom stereocenters. The van der Waals surface area contributed by atoms with E-state index in [9.17, 15) is 0 Å². The van der Waals surface area contributed by atoms with Crippen molar-refractivity contribution >= 4 is 22.6 Å². The van der Waals surface area contributed by atoms with Crippen LogP contribution in [-0.2, 0) is 0 Å². The Morgan fingerprint density at radius 2 is 2.00 bits per heavy atom. The van der Waals surface area contributed by atoms with Crippen LogP contribution in [0.5, 0.6) is 0 Å². The van der Waals surface area contributed by atoms with Crippen molar-refractivity contribution in [2.75, 3.05) is 20.6 Å². The number of alkyl halides is 1. The van der Waals surface area contributed by atoms with E-state index in [1.807, 2.05) is 25.4 Å². The minimum atomic E-state index is -0.116. The Bertz CT molecular complexity index is 579. The fourth-order valence-corrected chi connectivity index (χ4v) is 3.01. The number of imidazole rings is 1. The summed E-state index contributed by atoms with van der Waals surface area (Å²) in [4.78, 5) is 11.1. The number of halogens is 1. The third kappa shape index (κ3) is 3.74. The molecule has 5 heteroatoms. The van der Waals surface area contributed by atoms with Crippen molar-refractivity contribution in [2.45, 2.75) is 38.6 Å². The Morgan fingerprint density at radius 1 is 1.29 bits per heavy atom. The highest BCUT2D eigenvalue weighted by Gasteiger charge is 2.23. The zero-order chi connectivity index (χ0) is 15.6. The number of likely N-dealkylation sites (N-methyl/N-ethyl adjacent to an activating group) is 1. The van der Waals surface area contributed by atoms with E-state index in [0.717, 1.165) is 29.8 Å². The number of hydrogen-bond donors (Lipinski definition) is 0. The standard InChI is InChI=1S/C16H25ClN4/c1-11(2)8-13(10-20(4)5)21-15-6-7-18-9-14(15)19-16(21)12(3)17/h6-7,9,11-13H,8,10H2,1-5H3. The molecule has 2 aromatic rings. The molecule has 0 aliphatic rings. The molecule has 0 aliphatic carbocycles. The van der Waals surface area contributed by atoms with E-state index in [4.69, 9.17) is 16.6 Å². The summed E-state index contributed by atoms with van der Waals surface area (Å²) in [5.74, 6) is 1.56. The minimum absolute atomic E-state index is 0.116. The third-order valence-electron chi connectivity index (χ3n) is 3.56. The maximum Gasteiger partial charge on any atom is 0.128 e. The average Bonchev–Trinajstić information content (AvgIpc) is 2.76. The smallest absolute Gasteiger partial charge is 0.128 e. The number of hydrogen-bond acceptors (Lipinski definition) is 3. The maximum atomic E-state index is 6.38. The van der Waals surface area contributed by atoms with Gasteiger partial charge < -0.3 is 9.47 Å². The first-order valence-corrected chi connectivity index (χ1v) is 7.94. The molecule has 21 heavy (non-hydrogen) atoms. The second-order valence-corrected chi connectivity index (χ2v) is 7.02. The predicted molar refractivity (Wildman–Crippen MR) is 88.8 cm³/mol. The summed E-state index contributed by atoms with van der Waals surface area (Å²) in [6, 6.07) is 2.40. The molecule has 2 rings (SSSR count). The molecule has 0 N–H and O–H groups in total. The van der Waals surface area contributed by atoms with Gasteiger partial charge >= 0.3 is 0 Å². The first-order chi connectivity index (χ1) is 9.90. The molecule has 0 radical (unpaired) electrons. The van der Waals surface area contributed by atoms with Gasteiger partial charge in [-0.15, -0.1) is 11.6 Å². The van der Waals surface area contributed by atoms with Crippen molar-refractivity contribution in [3.05, 3.63) is 24.3 Å². The van der Waals surface area contributed by atoms with E-state index in [-0.39, 0.29) is 5.38 Å². The van der Waals surface area contributed by atoms with Crippen LogP contribution in [0.2, 0.25) is 0 Å². The Morgan fingerprint density at radius 3 is 2.57 bits per heavy atom. The minimum Gasteiger partial charge on any atom is -0.322 e. The van der Waals surface area contributed by atoms with Crippen molar-refractivity contribution < 1.29 is 0 Å². The molecular formula is C16H25ClN4. The van der Waals surface area contributed by atoms with Crippen molar-refractivity contribution in [1.82, 2.24) is 19.4 Å². The number of nitrogens with zero attached hydrogens (tertiary/aromatic N) is 4. The van der Waals surface area contributed by atoms with Gasteiger partial charge in [0.05, 0.1) is 17.1 Å². The normalized spacial score (nSPS) is 15.0. The highest BCUT2D eigenvalue weighted by atomic mass is 35.5. The van der Waals surface area contributed by atoms with Gasteiger partial charge in [-0.1, -0.05) is 13.8 Å². The monoisotopic (exact) mass is 308 g/mol. The molecular weight excluding hydrogens is 284 g/mol. The molecule has 0 spiro atoms. The lowest BCUT2D eigenvalue weighted by molar-refractivity contribution is 0.288. The highest BCUT2D eigenvalue weighted by molar-refractivity contribution is 6.20. The van der Waals surface area contributed by atoms with Gasteiger partial charge in [-0.2, -0.15) is 0 Å². The zero-order valence-electron chi connectivity index (χ0n) is 13.5. The Balaban J connectivity index is 2.55. The molecule has 0 bridgehead atoms. The summed E-state index contributed by atoms with van der Waals surface area (Å²) in [5, 5.41) is -0.116. The molecule has 0 amide bonds. The highest BCUT2D eigenvalue weighted by Crippen LogP contribution is 2.30.